The Labute approximate surface area is 165 Å². The van der Waals surface area contributed by atoms with Gasteiger partial charge in [-0.3, -0.25) is 9.59 Å². The number of benzene rings is 2. The highest BCUT2D eigenvalue weighted by Crippen LogP contribution is 2.48. The Morgan fingerprint density at radius 1 is 1.07 bits per heavy atom. The molecule has 2 aliphatic rings. The van der Waals surface area contributed by atoms with Crippen LogP contribution in [0, 0.1) is 0 Å². The van der Waals surface area contributed by atoms with Crippen LogP contribution in [0.4, 0.5) is 0 Å². The van der Waals surface area contributed by atoms with Crippen LogP contribution in [0.1, 0.15) is 49.4 Å². The molecule has 0 aliphatic heterocycles. The van der Waals surface area contributed by atoms with Gasteiger partial charge in [0.2, 0.25) is 5.78 Å². The molecule has 0 unspecified atom stereocenters. The third-order valence-corrected chi connectivity index (χ3v) is 5.92. The predicted molar refractivity (Wildman–Crippen MR) is 99.7 cm³/mol. The highest BCUT2D eigenvalue weighted by atomic mass is 16.5. The molecule has 0 fully saturated rings. The Bertz CT molecular complexity index is 1060. The van der Waals surface area contributed by atoms with E-state index >= 15 is 0 Å². The first-order chi connectivity index (χ1) is 13.7. The molecular weight excluding hydrogens is 380 g/mol. The second kappa shape index (κ2) is 6.55. The molecule has 4 rings (SSSR count). The molecule has 0 aromatic heterocycles. The summed E-state index contributed by atoms with van der Waals surface area (Å²) in [5, 5.41) is 51.6. The zero-order valence-corrected chi connectivity index (χ0v) is 15.6. The number of aliphatic hydroxyl groups excluding tert-OH is 2. The lowest BCUT2D eigenvalue weighted by atomic mass is 9.72. The topological polar surface area (TPSA) is 145 Å². The lowest BCUT2D eigenvalue weighted by Gasteiger charge is -2.38. The predicted octanol–water partition coefficient (Wildman–Crippen LogP) is 0.455. The quantitative estimate of drug-likeness (QED) is 0.399. The number of aromatic hydroxyl groups is 2. The maximum absolute atomic E-state index is 13.1. The van der Waals surface area contributed by atoms with Gasteiger partial charge in [-0.25, -0.2) is 0 Å². The summed E-state index contributed by atoms with van der Waals surface area (Å²) in [6, 6.07) is 4.50. The molecule has 2 aromatic carbocycles. The standard InChI is InChI=1S/C21H20O8/c1-29-12-4-2-3-10-14(12)20(27)16-15(18(10)25)19(26)11-7-21(28,13(23)8-22)6-5-9(11)17(16)24/h2-4,13,22-24,26,28H,5-8H2,1H3/t13-,21-/m1/s1. The maximum atomic E-state index is 13.1. The van der Waals surface area contributed by atoms with Gasteiger partial charge in [0, 0.05) is 23.1 Å². The van der Waals surface area contributed by atoms with Gasteiger partial charge in [-0.1, -0.05) is 12.1 Å². The van der Waals surface area contributed by atoms with Crippen molar-refractivity contribution in [2.45, 2.75) is 31.0 Å². The second-order valence-corrected chi connectivity index (χ2v) is 7.42. The maximum Gasteiger partial charge on any atom is 0.202 e. The van der Waals surface area contributed by atoms with Gasteiger partial charge in [-0.05, 0) is 18.9 Å². The van der Waals surface area contributed by atoms with E-state index in [0.717, 1.165) is 0 Å². The third-order valence-electron chi connectivity index (χ3n) is 5.92. The molecule has 0 saturated heterocycles. The molecule has 2 aromatic rings. The van der Waals surface area contributed by atoms with Crippen LogP contribution >= 0.6 is 0 Å². The number of carbonyl (C=O) groups is 2. The molecule has 0 amide bonds. The second-order valence-electron chi connectivity index (χ2n) is 7.42. The summed E-state index contributed by atoms with van der Waals surface area (Å²) < 4.78 is 5.19. The molecule has 0 spiro atoms. The van der Waals surface area contributed by atoms with Crippen LogP contribution in [-0.4, -0.2) is 62.5 Å². The fourth-order valence-corrected chi connectivity index (χ4v) is 4.30. The van der Waals surface area contributed by atoms with Gasteiger partial charge in [0.15, 0.2) is 5.78 Å². The van der Waals surface area contributed by atoms with Crippen LogP contribution in [0.25, 0.3) is 0 Å². The van der Waals surface area contributed by atoms with E-state index in [1.807, 2.05) is 0 Å². The van der Waals surface area contributed by atoms with E-state index in [9.17, 15) is 35.1 Å². The summed E-state index contributed by atoms with van der Waals surface area (Å²) >= 11 is 0. The van der Waals surface area contributed by atoms with Crippen molar-refractivity contribution in [3.63, 3.8) is 0 Å². The van der Waals surface area contributed by atoms with Crippen molar-refractivity contribution < 1.29 is 39.9 Å². The van der Waals surface area contributed by atoms with Gasteiger partial charge in [0.1, 0.15) is 23.4 Å². The first-order valence-electron chi connectivity index (χ1n) is 9.12. The van der Waals surface area contributed by atoms with Crippen molar-refractivity contribution in [1.82, 2.24) is 0 Å². The summed E-state index contributed by atoms with van der Waals surface area (Å²) in [7, 11) is 1.36. The molecule has 5 N–H and O–H groups in total. The third kappa shape index (κ3) is 2.57. The molecule has 0 radical (unpaired) electrons. The van der Waals surface area contributed by atoms with E-state index in [0.29, 0.717) is 0 Å². The van der Waals surface area contributed by atoms with Crippen molar-refractivity contribution in [3.05, 3.63) is 51.6 Å². The molecule has 29 heavy (non-hydrogen) atoms. The molecular formula is C21H20O8. The van der Waals surface area contributed by atoms with Crippen LogP contribution in [0.15, 0.2) is 18.2 Å². The normalized spacial score (nSPS) is 21.2. The number of hydrogen-bond donors (Lipinski definition) is 5. The molecule has 2 aliphatic carbocycles. The van der Waals surface area contributed by atoms with E-state index in [-0.39, 0.29) is 58.4 Å². The molecule has 152 valence electrons. The van der Waals surface area contributed by atoms with Crippen LogP contribution in [0.2, 0.25) is 0 Å². The van der Waals surface area contributed by atoms with Crippen LogP contribution in [0.3, 0.4) is 0 Å². The summed E-state index contributed by atoms with van der Waals surface area (Å²) in [4.78, 5) is 26.2. The minimum Gasteiger partial charge on any atom is -0.507 e. The molecule has 8 nitrogen and oxygen atoms in total. The van der Waals surface area contributed by atoms with Crippen molar-refractivity contribution >= 4 is 11.6 Å². The van der Waals surface area contributed by atoms with Crippen LogP contribution < -0.4 is 4.74 Å². The Balaban J connectivity index is 1.95. The van der Waals surface area contributed by atoms with Gasteiger partial charge in [0.05, 0.1) is 36.0 Å². The van der Waals surface area contributed by atoms with E-state index in [2.05, 4.69) is 0 Å². The van der Waals surface area contributed by atoms with Crippen LogP contribution in [-0.2, 0) is 12.8 Å². The molecule has 0 heterocycles. The van der Waals surface area contributed by atoms with E-state index < -0.39 is 41.4 Å². The highest BCUT2D eigenvalue weighted by Gasteiger charge is 2.45. The van der Waals surface area contributed by atoms with Gasteiger partial charge < -0.3 is 30.3 Å². The molecule has 0 bridgehead atoms. The SMILES string of the molecule is COc1cccc2c1C(=O)c1c(O)c3c(c(O)c1C2=O)C[C@@](O)([C@H](O)CO)CC3. The monoisotopic (exact) mass is 400 g/mol. The van der Waals surface area contributed by atoms with E-state index in [1.165, 1.54) is 19.2 Å². The minimum atomic E-state index is -1.73. The number of ketones is 2. The summed E-state index contributed by atoms with van der Waals surface area (Å²) in [5.41, 5.74) is -2.00. The summed E-state index contributed by atoms with van der Waals surface area (Å²) in [6.07, 6.45) is -1.72. The molecule has 8 heteroatoms. The van der Waals surface area contributed by atoms with Crippen molar-refractivity contribution in [2.24, 2.45) is 0 Å². The molecule has 2 atom stereocenters. The van der Waals surface area contributed by atoms with Gasteiger partial charge in [0.25, 0.3) is 0 Å². The number of ether oxygens (including phenoxy) is 1. The lowest BCUT2D eigenvalue weighted by molar-refractivity contribution is -0.102. The zero-order valence-electron chi connectivity index (χ0n) is 15.6. The van der Waals surface area contributed by atoms with E-state index in [1.54, 1.807) is 6.07 Å². The zero-order chi connectivity index (χ0) is 21.1. The minimum absolute atomic E-state index is 0.00441. The number of aliphatic hydroxyl groups is 3. The lowest BCUT2D eigenvalue weighted by Crippen LogP contribution is -2.48. The number of fused-ring (bicyclic) bond motifs is 3. The van der Waals surface area contributed by atoms with E-state index in [4.69, 9.17) is 4.74 Å². The van der Waals surface area contributed by atoms with Gasteiger partial charge >= 0.3 is 0 Å². The Morgan fingerprint density at radius 3 is 2.38 bits per heavy atom. The fraction of sp³-hybridized carbons (Fsp3) is 0.333. The van der Waals surface area contributed by atoms with Gasteiger partial charge in [-0.15, -0.1) is 0 Å². The number of phenols is 2. The Hall–Kier alpha value is -2.94. The number of hydrogen-bond acceptors (Lipinski definition) is 8. The largest absolute Gasteiger partial charge is 0.507 e. The highest BCUT2D eigenvalue weighted by molar-refractivity contribution is 6.31. The number of phenolic OH excluding ortho intramolecular Hbond substituents is 2. The van der Waals surface area contributed by atoms with Gasteiger partial charge in [-0.2, -0.15) is 0 Å². The molecule has 0 saturated carbocycles. The van der Waals surface area contributed by atoms with Crippen molar-refractivity contribution in [3.8, 4) is 17.2 Å². The summed E-state index contributed by atoms with van der Waals surface area (Å²) in [5.74, 6) is -2.05. The summed E-state index contributed by atoms with van der Waals surface area (Å²) in [6.45, 7) is -0.686. The number of rotatable bonds is 3. The van der Waals surface area contributed by atoms with Crippen LogP contribution in [0.5, 0.6) is 17.2 Å². The smallest absolute Gasteiger partial charge is 0.202 e. The van der Waals surface area contributed by atoms with Crippen molar-refractivity contribution in [2.75, 3.05) is 13.7 Å². The first-order valence-corrected chi connectivity index (χ1v) is 9.12. The average molecular weight is 400 g/mol. The fourth-order valence-electron chi connectivity index (χ4n) is 4.30. The number of methoxy groups -OCH3 is 1. The Morgan fingerprint density at radius 2 is 1.72 bits per heavy atom. The average Bonchev–Trinajstić information content (AvgIpc) is 2.73. The first kappa shape index (κ1) is 19.4. The Kier molecular flexibility index (Phi) is 4.38. The number of carbonyl (C=O) groups excluding carboxylic acids is 2. The van der Waals surface area contributed by atoms with Crippen molar-refractivity contribution in [1.29, 1.82) is 0 Å².